The van der Waals surface area contributed by atoms with Crippen LogP contribution in [0.5, 0.6) is 0 Å². The average molecular weight is 493 g/mol. The van der Waals surface area contributed by atoms with Gasteiger partial charge in [0.05, 0.1) is 16.6 Å². The molecule has 7 aromatic rings. The van der Waals surface area contributed by atoms with Crippen LogP contribution in [0.1, 0.15) is 37.3 Å². The van der Waals surface area contributed by atoms with Crippen LogP contribution in [0.4, 0.5) is 0 Å². The lowest BCUT2D eigenvalue weighted by atomic mass is 9.86. The maximum Gasteiger partial charge on any atom is 0.0571 e. The van der Waals surface area contributed by atoms with Gasteiger partial charge < -0.3 is 9.13 Å². The fourth-order valence-electron chi connectivity index (χ4n) is 6.50. The maximum atomic E-state index is 2.44. The fourth-order valence-corrected chi connectivity index (χ4v) is 6.50. The Morgan fingerprint density at radius 3 is 2.13 bits per heavy atom. The largest absolute Gasteiger partial charge is 0.343 e. The Balaban J connectivity index is 1.70. The van der Waals surface area contributed by atoms with Crippen molar-refractivity contribution in [2.45, 2.75) is 33.1 Å². The summed E-state index contributed by atoms with van der Waals surface area (Å²) in [6.07, 6.45) is 1.11. The van der Waals surface area contributed by atoms with Crippen LogP contribution in [0.15, 0.2) is 103 Å². The molecule has 0 aliphatic carbocycles. The van der Waals surface area contributed by atoms with Crippen molar-refractivity contribution >= 4 is 43.6 Å². The Labute approximate surface area is 223 Å². The van der Waals surface area contributed by atoms with E-state index in [1.54, 1.807) is 0 Å². The second-order valence-corrected chi connectivity index (χ2v) is 10.7. The molecule has 0 aliphatic rings. The van der Waals surface area contributed by atoms with Crippen molar-refractivity contribution in [2.24, 2.45) is 7.05 Å². The molecular weight excluding hydrogens is 460 g/mol. The maximum absolute atomic E-state index is 2.44. The zero-order chi connectivity index (χ0) is 26.0. The van der Waals surface area contributed by atoms with Crippen molar-refractivity contribution in [1.29, 1.82) is 0 Å². The van der Waals surface area contributed by atoms with Gasteiger partial charge in [-0.15, -0.1) is 0 Å². The van der Waals surface area contributed by atoms with Crippen LogP contribution in [0, 0.1) is 6.92 Å². The smallest absolute Gasteiger partial charge is 0.0571 e. The zero-order valence-corrected chi connectivity index (χ0v) is 22.5. The lowest BCUT2D eigenvalue weighted by Gasteiger charge is -2.19. The number of aryl methyl sites for hydroxylation is 2. The van der Waals surface area contributed by atoms with Gasteiger partial charge in [-0.25, -0.2) is 0 Å². The number of benzene rings is 5. The first kappa shape index (κ1) is 22.9. The summed E-state index contributed by atoms with van der Waals surface area (Å²) in [5, 5.41) is 5.30. The van der Waals surface area contributed by atoms with Gasteiger partial charge in [-0.2, -0.15) is 0 Å². The molecule has 1 atom stereocenters. The minimum Gasteiger partial charge on any atom is -0.343 e. The molecule has 1 unspecified atom stereocenters. The molecule has 2 heterocycles. The molecule has 5 aromatic carbocycles. The molecule has 38 heavy (non-hydrogen) atoms. The van der Waals surface area contributed by atoms with E-state index in [0.29, 0.717) is 5.92 Å². The van der Waals surface area contributed by atoms with Crippen molar-refractivity contribution in [3.63, 3.8) is 0 Å². The van der Waals surface area contributed by atoms with Crippen LogP contribution >= 0.6 is 0 Å². The van der Waals surface area contributed by atoms with E-state index in [2.05, 4.69) is 140 Å². The summed E-state index contributed by atoms with van der Waals surface area (Å²) >= 11 is 0. The van der Waals surface area contributed by atoms with Crippen molar-refractivity contribution in [3.05, 3.63) is 114 Å². The summed E-state index contributed by atoms with van der Waals surface area (Å²) in [5.74, 6) is 0.479. The summed E-state index contributed by atoms with van der Waals surface area (Å²) in [5.41, 5.74) is 11.8. The average Bonchev–Trinajstić information content (AvgIpc) is 3.45. The normalized spacial score (nSPS) is 12.7. The second kappa shape index (κ2) is 8.63. The van der Waals surface area contributed by atoms with E-state index in [4.69, 9.17) is 0 Å². The van der Waals surface area contributed by atoms with Crippen LogP contribution in [0.3, 0.4) is 0 Å². The van der Waals surface area contributed by atoms with Gasteiger partial charge in [0, 0.05) is 45.4 Å². The summed E-state index contributed by atoms with van der Waals surface area (Å²) in [7, 11) is 2.25. The Morgan fingerprint density at radius 2 is 1.34 bits per heavy atom. The summed E-state index contributed by atoms with van der Waals surface area (Å²) in [6, 6.07) is 37.9. The number of fused-ring (bicyclic) bond motifs is 7. The lowest BCUT2D eigenvalue weighted by molar-refractivity contribution is 0.735. The number of rotatable bonds is 4. The number of hydrogen-bond acceptors (Lipinski definition) is 0. The molecule has 0 radical (unpaired) electrons. The summed E-state index contributed by atoms with van der Waals surface area (Å²) < 4.78 is 4.85. The van der Waals surface area contributed by atoms with Gasteiger partial charge in [-0.05, 0) is 66.3 Å². The topological polar surface area (TPSA) is 9.86 Å². The van der Waals surface area contributed by atoms with Gasteiger partial charge in [-0.1, -0.05) is 86.6 Å². The lowest BCUT2D eigenvalue weighted by Crippen LogP contribution is -2.00. The molecule has 2 nitrogen and oxygen atoms in total. The number of nitrogens with zero attached hydrogens (tertiary/aromatic N) is 2. The van der Waals surface area contributed by atoms with Crippen molar-refractivity contribution in [1.82, 2.24) is 9.13 Å². The molecule has 7 rings (SSSR count). The van der Waals surface area contributed by atoms with E-state index in [1.807, 2.05) is 0 Å². The fraction of sp³-hybridized carbons (Fsp3) is 0.167. The zero-order valence-electron chi connectivity index (χ0n) is 22.5. The second-order valence-electron chi connectivity index (χ2n) is 10.7. The van der Waals surface area contributed by atoms with Gasteiger partial charge in [0.1, 0.15) is 0 Å². The first-order valence-corrected chi connectivity index (χ1v) is 13.7. The molecule has 0 saturated carbocycles. The molecular formula is C36H32N2. The minimum atomic E-state index is 0.479. The highest BCUT2D eigenvalue weighted by molar-refractivity contribution is 6.29. The number of para-hydroxylation sites is 2. The molecule has 186 valence electrons. The molecule has 0 saturated heterocycles. The third kappa shape index (κ3) is 3.13. The van der Waals surface area contributed by atoms with E-state index in [9.17, 15) is 0 Å². The van der Waals surface area contributed by atoms with E-state index in [-0.39, 0.29) is 0 Å². The molecule has 0 spiro atoms. The van der Waals surface area contributed by atoms with Gasteiger partial charge in [0.2, 0.25) is 0 Å². The van der Waals surface area contributed by atoms with Crippen molar-refractivity contribution in [2.75, 3.05) is 0 Å². The van der Waals surface area contributed by atoms with Gasteiger partial charge in [-0.3, -0.25) is 0 Å². The summed E-state index contributed by atoms with van der Waals surface area (Å²) in [4.78, 5) is 0. The molecule has 0 N–H and O–H groups in total. The Kier molecular flexibility index (Phi) is 5.19. The van der Waals surface area contributed by atoms with Crippen molar-refractivity contribution < 1.29 is 0 Å². The molecule has 2 aromatic heterocycles. The predicted octanol–water partition coefficient (Wildman–Crippen LogP) is 9.92. The first-order chi connectivity index (χ1) is 18.6. The van der Waals surface area contributed by atoms with Gasteiger partial charge in [0.15, 0.2) is 0 Å². The molecule has 0 amide bonds. The van der Waals surface area contributed by atoms with Gasteiger partial charge in [0.25, 0.3) is 0 Å². The van der Waals surface area contributed by atoms with Crippen LogP contribution < -0.4 is 0 Å². The summed E-state index contributed by atoms with van der Waals surface area (Å²) in [6.45, 7) is 6.89. The molecule has 2 heteroatoms. The highest BCUT2D eigenvalue weighted by Gasteiger charge is 2.23. The Morgan fingerprint density at radius 1 is 0.658 bits per heavy atom. The standard InChI is InChI=1S/C36H32N2/c1-5-23(2)27-19-20-29-35-31(37(4)36(29)33(27)26-16-10-9-13-24(26)3)21-22-32-34(35)28-17-11-12-18-30(28)38(32)25-14-7-6-8-15-25/h6-23H,5H2,1-4H3. The highest BCUT2D eigenvalue weighted by Crippen LogP contribution is 2.45. The van der Waals surface area contributed by atoms with E-state index < -0.39 is 0 Å². The van der Waals surface area contributed by atoms with Crippen LogP contribution in [-0.4, -0.2) is 9.13 Å². The monoisotopic (exact) mass is 492 g/mol. The Hall–Kier alpha value is -4.30. The van der Waals surface area contributed by atoms with E-state index in [0.717, 1.165) is 6.42 Å². The predicted molar refractivity (Wildman–Crippen MR) is 164 cm³/mol. The number of hydrogen-bond donors (Lipinski definition) is 0. The molecule has 0 aliphatic heterocycles. The first-order valence-electron chi connectivity index (χ1n) is 13.7. The quantitative estimate of drug-likeness (QED) is 0.231. The highest BCUT2D eigenvalue weighted by atomic mass is 15.0. The third-order valence-corrected chi connectivity index (χ3v) is 8.56. The molecule has 0 bridgehead atoms. The Bertz CT molecular complexity index is 1990. The van der Waals surface area contributed by atoms with Crippen LogP contribution in [-0.2, 0) is 7.05 Å². The SMILES string of the molecule is CCC(C)c1ccc2c3c4c5ccccc5n(-c5ccccc5)c4ccc3n(C)c2c1-c1ccccc1C. The van der Waals surface area contributed by atoms with Crippen LogP contribution in [0.25, 0.3) is 60.4 Å². The van der Waals surface area contributed by atoms with Gasteiger partial charge >= 0.3 is 0 Å². The third-order valence-electron chi connectivity index (χ3n) is 8.56. The van der Waals surface area contributed by atoms with E-state index in [1.165, 1.54) is 71.6 Å². The van der Waals surface area contributed by atoms with E-state index >= 15 is 0 Å². The molecule has 0 fully saturated rings. The van der Waals surface area contributed by atoms with Crippen molar-refractivity contribution in [3.8, 4) is 16.8 Å². The van der Waals surface area contributed by atoms with Crippen LogP contribution in [0.2, 0.25) is 0 Å². The number of aromatic nitrogens is 2. The minimum absolute atomic E-state index is 0.479.